The van der Waals surface area contributed by atoms with E-state index in [4.69, 9.17) is 0 Å². The molecule has 4 heteroatoms. The minimum atomic E-state index is -0.399. The van der Waals surface area contributed by atoms with Crippen LogP contribution in [0.25, 0.3) is 0 Å². The maximum absolute atomic E-state index is 11.5. The second-order valence-electron chi connectivity index (χ2n) is 4.06. The van der Waals surface area contributed by atoms with E-state index in [1.807, 2.05) is 27.7 Å². The predicted molar refractivity (Wildman–Crippen MR) is 56.1 cm³/mol. The maximum atomic E-state index is 11.5. The third-order valence-corrected chi connectivity index (χ3v) is 2.25. The average Bonchev–Trinajstić information content (AvgIpc) is 2.11. The molecule has 0 heterocycles. The Hall–Kier alpha value is -1.06. The highest BCUT2D eigenvalue weighted by atomic mass is 16.2. The zero-order valence-electron chi connectivity index (χ0n) is 9.57. The summed E-state index contributed by atoms with van der Waals surface area (Å²) in [5, 5.41) is 2.67. The van der Waals surface area contributed by atoms with Crippen LogP contribution in [-0.2, 0) is 4.79 Å². The van der Waals surface area contributed by atoms with Crippen LogP contribution >= 0.6 is 0 Å². The third kappa shape index (κ3) is 3.77. The van der Waals surface area contributed by atoms with E-state index in [2.05, 4.69) is 5.32 Å². The van der Waals surface area contributed by atoms with E-state index in [0.717, 1.165) is 6.29 Å². The number of carbonyl (C=O) groups is 2. The van der Waals surface area contributed by atoms with E-state index in [9.17, 15) is 9.59 Å². The van der Waals surface area contributed by atoms with E-state index in [1.165, 1.54) is 0 Å². The molecule has 0 aliphatic carbocycles. The van der Waals surface area contributed by atoms with Crippen molar-refractivity contribution in [1.82, 2.24) is 10.2 Å². The van der Waals surface area contributed by atoms with Crippen LogP contribution < -0.4 is 5.32 Å². The molecule has 82 valence electrons. The van der Waals surface area contributed by atoms with Gasteiger partial charge in [-0.05, 0) is 19.8 Å². The van der Waals surface area contributed by atoms with Gasteiger partial charge in [-0.25, -0.2) is 4.79 Å². The van der Waals surface area contributed by atoms with Gasteiger partial charge in [-0.3, -0.25) is 0 Å². The Balaban J connectivity index is 4.22. The second-order valence-corrected chi connectivity index (χ2v) is 4.06. The molecule has 1 unspecified atom stereocenters. The molecule has 4 nitrogen and oxygen atoms in total. The number of nitrogens with one attached hydrogen (secondary N) is 1. The van der Waals surface area contributed by atoms with Crippen molar-refractivity contribution in [2.24, 2.45) is 5.92 Å². The molecule has 0 saturated carbocycles. The van der Waals surface area contributed by atoms with E-state index in [0.29, 0.717) is 0 Å². The van der Waals surface area contributed by atoms with Crippen LogP contribution in [0.3, 0.4) is 0 Å². The first-order valence-electron chi connectivity index (χ1n) is 4.88. The summed E-state index contributed by atoms with van der Waals surface area (Å²) in [6.07, 6.45) is 0.775. The molecule has 0 aromatic carbocycles. The molecule has 14 heavy (non-hydrogen) atoms. The molecule has 0 radical (unpaired) electrons. The molecule has 1 N–H and O–H groups in total. The van der Waals surface area contributed by atoms with Crippen LogP contribution in [0.1, 0.15) is 27.7 Å². The van der Waals surface area contributed by atoms with Crippen LogP contribution in [-0.4, -0.2) is 36.3 Å². The molecule has 0 aromatic heterocycles. The van der Waals surface area contributed by atoms with Gasteiger partial charge in [0.15, 0.2) is 0 Å². The minimum Gasteiger partial charge on any atom is -0.328 e. The van der Waals surface area contributed by atoms with Crippen molar-refractivity contribution in [2.45, 2.75) is 39.8 Å². The van der Waals surface area contributed by atoms with E-state index >= 15 is 0 Å². The lowest BCUT2D eigenvalue weighted by Gasteiger charge is -2.25. The van der Waals surface area contributed by atoms with Gasteiger partial charge in [0.05, 0.1) is 6.04 Å². The number of hydrogen-bond donors (Lipinski definition) is 1. The first kappa shape index (κ1) is 12.9. The molecule has 1 atom stereocenters. The van der Waals surface area contributed by atoms with Crippen molar-refractivity contribution in [3.05, 3.63) is 0 Å². The summed E-state index contributed by atoms with van der Waals surface area (Å²) in [7, 11) is 1.71. The average molecular weight is 200 g/mol. The van der Waals surface area contributed by atoms with Gasteiger partial charge in [-0.2, -0.15) is 0 Å². The number of nitrogens with zero attached hydrogens (tertiary/aromatic N) is 1. The van der Waals surface area contributed by atoms with Crippen LogP contribution in [0.2, 0.25) is 0 Å². The molecule has 0 aromatic rings. The number of urea groups is 1. The lowest BCUT2D eigenvalue weighted by molar-refractivity contribution is -0.110. The van der Waals surface area contributed by atoms with E-state index in [1.54, 1.807) is 11.9 Å². The Morgan fingerprint density at radius 2 is 1.79 bits per heavy atom. The fourth-order valence-electron chi connectivity index (χ4n) is 0.837. The Kier molecular flexibility index (Phi) is 5.20. The van der Waals surface area contributed by atoms with Gasteiger partial charge in [0.1, 0.15) is 6.29 Å². The fourth-order valence-corrected chi connectivity index (χ4v) is 0.837. The summed E-state index contributed by atoms with van der Waals surface area (Å²) in [4.78, 5) is 23.7. The molecule has 0 aliphatic heterocycles. The normalized spacial score (nSPS) is 12.8. The monoisotopic (exact) mass is 200 g/mol. The van der Waals surface area contributed by atoms with Gasteiger partial charge in [-0.1, -0.05) is 13.8 Å². The molecule has 0 bridgehead atoms. The van der Waals surface area contributed by atoms with Crippen LogP contribution in [0.5, 0.6) is 0 Å². The lowest BCUT2D eigenvalue weighted by atomic mass is 10.1. The molecular formula is C10H20N2O2. The number of aldehydes is 1. The van der Waals surface area contributed by atoms with Crippen LogP contribution in [0, 0.1) is 5.92 Å². The van der Waals surface area contributed by atoms with Crippen molar-refractivity contribution in [2.75, 3.05) is 7.05 Å². The van der Waals surface area contributed by atoms with Gasteiger partial charge >= 0.3 is 6.03 Å². The first-order valence-corrected chi connectivity index (χ1v) is 4.88. The summed E-state index contributed by atoms with van der Waals surface area (Å²) in [5.74, 6) is 0.122. The van der Waals surface area contributed by atoms with Crippen molar-refractivity contribution in [3.63, 3.8) is 0 Å². The minimum absolute atomic E-state index is 0.122. The Morgan fingerprint density at radius 3 is 2.07 bits per heavy atom. The lowest BCUT2D eigenvalue weighted by Crippen LogP contribution is -2.48. The Labute approximate surface area is 85.7 Å². The third-order valence-electron chi connectivity index (χ3n) is 2.25. The predicted octanol–water partition coefficient (Wildman–Crippen LogP) is 1.26. The van der Waals surface area contributed by atoms with Crippen LogP contribution in [0.15, 0.2) is 0 Å². The number of rotatable bonds is 4. The summed E-state index contributed by atoms with van der Waals surface area (Å²) in [6, 6.07) is -0.469. The van der Waals surface area contributed by atoms with Gasteiger partial charge in [0.2, 0.25) is 0 Å². The van der Waals surface area contributed by atoms with Gasteiger partial charge in [0.25, 0.3) is 0 Å². The Bertz CT molecular complexity index is 202. The molecule has 0 saturated heterocycles. The second kappa shape index (κ2) is 5.62. The topological polar surface area (TPSA) is 49.4 Å². The van der Waals surface area contributed by atoms with Crippen molar-refractivity contribution >= 4 is 12.3 Å². The zero-order chi connectivity index (χ0) is 11.3. The maximum Gasteiger partial charge on any atom is 0.317 e. The van der Waals surface area contributed by atoms with Crippen LogP contribution in [0.4, 0.5) is 4.79 Å². The molecule has 0 spiro atoms. The molecule has 2 amide bonds. The summed E-state index contributed by atoms with van der Waals surface area (Å²) in [5.41, 5.74) is 0. The van der Waals surface area contributed by atoms with E-state index < -0.39 is 6.04 Å². The summed E-state index contributed by atoms with van der Waals surface area (Å²) < 4.78 is 0. The van der Waals surface area contributed by atoms with Crippen molar-refractivity contribution in [1.29, 1.82) is 0 Å². The standard InChI is InChI=1S/C10H20N2O2/c1-7(2)9(6-13)11-10(14)12(5)8(3)4/h6-9H,1-5H3,(H,11,14). The van der Waals surface area contributed by atoms with Gasteiger partial charge in [0, 0.05) is 13.1 Å². The smallest absolute Gasteiger partial charge is 0.317 e. The molecule has 0 rings (SSSR count). The molecular weight excluding hydrogens is 180 g/mol. The fraction of sp³-hybridized carbons (Fsp3) is 0.800. The van der Waals surface area contributed by atoms with Gasteiger partial charge < -0.3 is 15.0 Å². The first-order chi connectivity index (χ1) is 6.40. The molecule has 0 aliphatic rings. The quantitative estimate of drug-likeness (QED) is 0.694. The highest BCUT2D eigenvalue weighted by Gasteiger charge is 2.18. The number of carbonyl (C=O) groups excluding carboxylic acids is 2. The highest BCUT2D eigenvalue weighted by Crippen LogP contribution is 2.00. The highest BCUT2D eigenvalue weighted by molar-refractivity contribution is 5.78. The van der Waals surface area contributed by atoms with E-state index in [-0.39, 0.29) is 18.0 Å². The SMILES string of the molecule is CC(C)C(C=O)NC(=O)N(C)C(C)C. The van der Waals surface area contributed by atoms with Gasteiger partial charge in [-0.15, -0.1) is 0 Å². The summed E-state index contributed by atoms with van der Waals surface area (Å²) in [6.45, 7) is 7.64. The Morgan fingerprint density at radius 1 is 1.29 bits per heavy atom. The number of hydrogen-bond acceptors (Lipinski definition) is 2. The summed E-state index contributed by atoms with van der Waals surface area (Å²) >= 11 is 0. The number of amides is 2. The van der Waals surface area contributed by atoms with Crippen molar-refractivity contribution < 1.29 is 9.59 Å². The largest absolute Gasteiger partial charge is 0.328 e. The van der Waals surface area contributed by atoms with Crippen molar-refractivity contribution in [3.8, 4) is 0 Å². The molecule has 0 fully saturated rings. The zero-order valence-corrected chi connectivity index (χ0v) is 9.57.